The number of likely N-dealkylation sites (N-methyl/N-ethyl adjacent to an activating group) is 1. The minimum Gasteiger partial charge on any atom is -0.391 e. The summed E-state index contributed by atoms with van der Waals surface area (Å²) in [5, 5.41) is 10.2. The topological polar surface area (TPSA) is 45.6 Å². The van der Waals surface area contributed by atoms with Crippen molar-refractivity contribution < 1.29 is 9.84 Å². The number of hydrogen-bond donors (Lipinski definition) is 1. The fourth-order valence-corrected chi connectivity index (χ4v) is 2.46. The highest BCUT2D eigenvalue weighted by molar-refractivity contribution is 7.15. The van der Waals surface area contributed by atoms with Gasteiger partial charge in [0, 0.05) is 20.7 Å². The zero-order valence-electron chi connectivity index (χ0n) is 10.4. The Morgan fingerprint density at radius 3 is 2.62 bits per heavy atom. The number of aromatic nitrogens is 1. The van der Waals surface area contributed by atoms with Gasteiger partial charge in [0.1, 0.15) is 0 Å². The SMILES string of the molecule is COCCN(C)c1nc(C(C)C)c(CO)s1. The smallest absolute Gasteiger partial charge is 0.185 e. The minimum atomic E-state index is 0.0727. The van der Waals surface area contributed by atoms with Crippen LogP contribution in [-0.4, -0.2) is 37.4 Å². The Morgan fingerprint density at radius 1 is 1.50 bits per heavy atom. The first kappa shape index (κ1) is 13.4. The number of nitrogens with zero attached hydrogens (tertiary/aromatic N) is 2. The van der Waals surface area contributed by atoms with Gasteiger partial charge in [0.25, 0.3) is 0 Å². The van der Waals surface area contributed by atoms with Gasteiger partial charge in [-0.15, -0.1) is 0 Å². The third-order valence-corrected chi connectivity index (χ3v) is 3.53. The first-order valence-electron chi connectivity index (χ1n) is 5.40. The first-order valence-corrected chi connectivity index (χ1v) is 6.22. The van der Waals surface area contributed by atoms with Gasteiger partial charge in [-0.25, -0.2) is 4.98 Å². The zero-order valence-corrected chi connectivity index (χ0v) is 11.2. The molecule has 0 atom stereocenters. The molecule has 0 aliphatic rings. The van der Waals surface area contributed by atoms with Crippen LogP contribution in [-0.2, 0) is 11.3 Å². The molecule has 0 spiro atoms. The van der Waals surface area contributed by atoms with Crippen molar-refractivity contribution >= 4 is 16.5 Å². The van der Waals surface area contributed by atoms with E-state index in [-0.39, 0.29) is 6.61 Å². The molecule has 0 unspecified atom stereocenters. The quantitative estimate of drug-likeness (QED) is 0.829. The molecule has 1 aromatic rings. The molecule has 5 heteroatoms. The fourth-order valence-electron chi connectivity index (χ4n) is 1.40. The Hall–Kier alpha value is -0.650. The molecular formula is C11H20N2O2S. The van der Waals surface area contributed by atoms with Crippen LogP contribution in [0.1, 0.15) is 30.3 Å². The third-order valence-electron chi connectivity index (χ3n) is 2.36. The van der Waals surface area contributed by atoms with E-state index in [0.29, 0.717) is 12.5 Å². The highest BCUT2D eigenvalue weighted by atomic mass is 32.1. The van der Waals surface area contributed by atoms with E-state index >= 15 is 0 Å². The average Bonchev–Trinajstić information content (AvgIpc) is 2.69. The largest absolute Gasteiger partial charge is 0.391 e. The Labute approximate surface area is 101 Å². The molecule has 0 aliphatic carbocycles. The maximum absolute atomic E-state index is 9.27. The Balaban J connectivity index is 2.81. The molecule has 1 N–H and O–H groups in total. The fraction of sp³-hybridized carbons (Fsp3) is 0.727. The van der Waals surface area contributed by atoms with Crippen LogP contribution in [0, 0.1) is 0 Å². The van der Waals surface area contributed by atoms with Crippen molar-refractivity contribution in [1.82, 2.24) is 4.98 Å². The summed E-state index contributed by atoms with van der Waals surface area (Å²) in [6.45, 7) is 5.75. The van der Waals surface area contributed by atoms with Gasteiger partial charge in [-0.05, 0) is 5.92 Å². The first-order chi connectivity index (χ1) is 7.60. The van der Waals surface area contributed by atoms with Crippen LogP contribution in [0.3, 0.4) is 0 Å². The predicted octanol–water partition coefficient (Wildman–Crippen LogP) is 1.84. The molecule has 0 bridgehead atoms. The van der Waals surface area contributed by atoms with Crippen molar-refractivity contribution in [3.8, 4) is 0 Å². The molecule has 0 saturated heterocycles. The molecule has 0 saturated carbocycles. The van der Waals surface area contributed by atoms with Crippen LogP contribution >= 0.6 is 11.3 Å². The Bertz CT molecular complexity index is 326. The molecule has 1 heterocycles. The Morgan fingerprint density at radius 2 is 2.19 bits per heavy atom. The molecule has 1 rings (SSSR count). The van der Waals surface area contributed by atoms with Crippen LogP contribution in [0.5, 0.6) is 0 Å². The maximum Gasteiger partial charge on any atom is 0.185 e. The lowest BCUT2D eigenvalue weighted by Crippen LogP contribution is -2.21. The second-order valence-electron chi connectivity index (χ2n) is 4.03. The van der Waals surface area contributed by atoms with Crippen molar-refractivity contribution in [2.45, 2.75) is 26.4 Å². The molecule has 0 fully saturated rings. The predicted molar refractivity (Wildman–Crippen MR) is 67.3 cm³/mol. The van der Waals surface area contributed by atoms with Gasteiger partial charge < -0.3 is 14.7 Å². The second-order valence-corrected chi connectivity index (χ2v) is 5.09. The number of anilines is 1. The lowest BCUT2D eigenvalue weighted by molar-refractivity contribution is 0.206. The summed E-state index contributed by atoms with van der Waals surface area (Å²) < 4.78 is 5.03. The molecule has 0 aliphatic heterocycles. The lowest BCUT2D eigenvalue weighted by Gasteiger charge is -2.14. The summed E-state index contributed by atoms with van der Waals surface area (Å²) in [5.41, 5.74) is 1.01. The standard InChI is InChI=1S/C11H20N2O2S/c1-8(2)10-9(7-14)16-11(12-10)13(3)5-6-15-4/h8,14H,5-7H2,1-4H3. The van der Waals surface area contributed by atoms with Crippen LogP contribution in [0.4, 0.5) is 5.13 Å². The van der Waals surface area contributed by atoms with E-state index in [1.807, 2.05) is 7.05 Å². The molecule has 16 heavy (non-hydrogen) atoms. The van der Waals surface area contributed by atoms with Crippen LogP contribution in [0.2, 0.25) is 0 Å². The van der Waals surface area contributed by atoms with Gasteiger partial charge in [0.15, 0.2) is 5.13 Å². The monoisotopic (exact) mass is 244 g/mol. The average molecular weight is 244 g/mol. The minimum absolute atomic E-state index is 0.0727. The van der Waals surface area contributed by atoms with E-state index in [0.717, 1.165) is 22.2 Å². The van der Waals surface area contributed by atoms with E-state index in [1.54, 1.807) is 18.4 Å². The van der Waals surface area contributed by atoms with Crippen LogP contribution < -0.4 is 4.90 Å². The number of thiazole rings is 1. The van der Waals surface area contributed by atoms with Crippen molar-refractivity contribution in [3.63, 3.8) is 0 Å². The molecule has 92 valence electrons. The maximum atomic E-state index is 9.27. The summed E-state index contributed by atoms with van der Waals surface area (Å²) in [4.78, 5) is 7.58. The van der Waals surface area contributed by atoms with Gasteiger partial charge in [-0.3, -0.25) is 0 Å². The van der Waals surface area contributed by atoms with Gasteiger partial charge in [0.05, 0.1) is 23.8 Å². The van der Waals surface area contributed by atoms with Crippen molar-refractivity contribution in [2.24, 2.45) is 0 Å². The summed E-state index contributed by atoms with van der Waals surface area (Å²) in [5.74, 6) is 0.350. The summed E-state index contributed by atoms with van der Waals surface area (Å²) >= 11 is 1.56. The lowest BCUT2D eigenvalue weighted by atomic mass is 10.1. The second kappa shape index (κ2) is 6.18. The van der Waals surface area contributed by atoms with E-state index in [4.69, 9.17) is 4.74 Å². The zero-order chi connectivity index (χ0) is 12.1. The Kier molecular flexibility index (Phi) is 5.18. The molecular weight excluding hydrogens is 224 g/mol. The highest BCUT2D eigenvalue weighted by Gasteiger charge is 2.15. The normalized spacial score (nSPS) is 11.1. The van der Waals surface area contributed by atoms with Crippen molar-refractivity contribution in [1.29, 1.82) is 0 Å². The van der Waals surface area contributed by atoms with Gasteiger partial charge in [-0.2, -0.15) is 0 Å². The number of aliphatic hydroxyl groups is 1. The molecule has 0 amide bonds. The van der Waals surface area contributed by atoms with Crippen LogP contribution in [0.25, 0.3) is 0 Å². The highest BCUT2D eigenvalue weighted by Crippen LogP contribution is 2.30. The number of rotatable bonds is 6. The van der Waals surface area contributed by atoms with Crippen molar-refractivity contribution in [2.75, 3.05) is 32.2 Å². The van der Waals surface area contributed by atoms with Gasteiger partial charge in [0.2, 0.25) is 0 Å². The van der Waals surface area contributed by atoms with E-state index in [9.17, 15) is 5.11 Å². The molecule has 0 radical (unpaired) electrons. The van der Waals surface area contributed by atoms with E-state index in [1.165, 1.54) is 0 Å². The molecule has 0 aromatic carbocycles. The third kappa shape index (κ3) is 3.17. The number of ether oxygens (including phenoxy) is 1. The number of methoxy groups -OCH3 is 1. The van der Waals surface area contributed by atoms with Crippen molar-refractivity contribution in [3.05, 3.63) is 10.6 Å². The van der Waals surface area contributed by atoms with Gasteiger partial charge >= 0.3 is 0 Å². The number of aliphatic hydroxyl groups excluding tert-OH is 1. The summed E-state index contributed by atoms with van der Waals surface area (Å²) in [6.07, 6.45) is 0. The summed E-state index contributed by atoms with van der Waals surface area (Å²) in [7, 11) is 3.68. The van der Waals surface area contributed by atoms with E-state index < -0.39 is 0 Å². The number of hydrogen-bond acceptors (Lipinski definition) is 5. The summed E-state index contributed by atoms with van der Waals surface area (Å²) in [6, 6.07) is 0. The molecule has 1 aromatic heterocycles. The van der Waals surface area contributed by atoms with Crippen LogP contribution in [0.15, 0.2) is 0 Å². The van der Waals surface area contributed by atoms with Gasteiger partial charge in [-0.1, -0.05) is 25.2 Å². The van der Waals surface area contributed by atoms with E-state index in [2.05, 4.69) is 23.7 Å². The molecule has 4 nitrogen and oxygen atoms in total.